The molecule has 0 radical (unpaired) electrons. The van der Waals surface area contributed by atoms with Crippen molar-refractivity contribution in [1.82, 2.24) is 9.80 Å². The number of carbonyl (C=O) groups excluding carboxylic acids is 2. The number of nitrogens with zero attached hydrogens (tertiary/aromatic N) is 2. The largest absolute Gasteiger partial charge is 0.294 e. The molecule has 0 N–H and O–H groups in total. The fourth-order valence-corrected chi connectivity index (χ4v) is 2.24. The quantitative estimate of drug-likeness (QED) is 0.522. The van der Waals surface area contributed by atoms with E-state index < -0.39 is 0 Å². The summed E-state index contributed by atoms with van der Waals surface area (Å²) in [5, 5.41) is 0. The number of rotatable bonds is 0. The highest BCUT2D eigenvalue weighted by Crippen LogP contribution is 2.21. The number of carbonyl (C=O) groups is 2. The van der Waals surface area contributed by atoms with E-state index in [2.05, 4.69) is 4.90 Å². The molecule has 3 fully saturated rings. The Bertz CT molecular complexity index is 244. The molecule has 72 valence electrons. The smallest absolute Gasteiger partial charge is 0.243 e. The van der Waals surface area contributed by atoms with E-state index in [1.165, 1.54) is 11.8 Å². The zero-order valence-electron chi connectivity index (χ0n) is 7.82. The van der Waals surface area contributed by atoms with Gasteiger partial charge in [-0.1, -0.05) is 0 Å². The monoisotopic (exact) mass is 182 g/mol. The first-order valence-electron chi connectivity index (χ1n) is 4.73. The predicted octanol–water partition coefficient (Wildman–Crippen LogP) is -0.160. The van der Waals surface area contributed by atoms with E-state index in [-0.39, 0.29) is 17.9 Å². The topological polar surface area (TPSA) is 40.6 Å². The van der Waals surface area contributed by atoms with Crippen LogP contribution in [0, 0.1) is 0 Å². The second-order valence-corrected chi connectivity index (χ2v) is 3.79. The summed E-state index contributed by atoms with van der Waals surface area (Å²) in [7, 11) is 0. The molecule has 0 atom stereocenters. The normalized spacial score (nSPS) is 33.3. The lowest BCUT2D eigenvalue weighted by atomic mass is 10.1. The second-order valence-electron chi connectivity index (χ2n) is 3.79. The molecule has 0 unspecified atom stereocenters. The lowest BCUT2D eigenvalue weighted by Gasteiger charge is -2.29. The average molecular weight is 182 g/mol. The maximum Gasteiger partial charge on any atom is 0.243 e. The van der Waals surface area contributed by atoms with Crippen molar-refractivity contribution in [2.75, 3.05) is 19.6 Å². The van der Waals surface area contributed by atoms with Crippen LogP contribution in [0.25, 0.3) is 0 Å². The lowest BCUT2D eigenvalue weighted by molar-refractivity contribution is -0.144. The highest BCUT2D eigenvalue weighted by molar-refractivity contribution is 5.95. The van der Waals surface area contributed by atoms with Gasteiger partial charge in [0.25, 0.3) is 0 Å². The van der Waals surface area contributed by atoms with Gasteiger partial charge in [-0.3, -0.25) is 19.4 Å². The molecule has 0 aromatic carbocycles. The van der Waals surface area contributed by atoms with Crippen molar-refractivity contribution < 1.29 is 9.59 Å². The van der Waals surface area contributed by atoms with Crippen LogP contribution in [-0.2, 0) is 9.59 Å². The second kappa shape index (κ2) is 3.10. The van der Waals surface area contributed by atoms with Gasteiger partial charge in [0, 0.05) is 26.1 Å². The molecule has 0 aliphatic carbocycles. The highest BCUT2D eigenvalue weighted by Gasteiger charge is 2.35. The number of fused-ring (bicyclic) bond motifs is 4. The summed E-state index contributed by atoms with van der Waals surface area (Å²) in [6, 6.07) is 0.170. The molecule has 3 saturated heterocycles. The van der Waals surface area contributed by atoms with Gasteiger partial charge in [0.05, 0.1) is 6.54 Å². The first-order chi connectivity index (χ1) is 6.18. The molecule has 0 aromatic rings. The van der Waals surface area contributed by atoms with Crippen LogP contribution in [0.15, 0.2) is 0 Å². The summed E-state index contributed by atoms with van der Waals surface area (Å²) in [6.45, 7) is 3.82. The molecule has 3 aliphatic heterocycles. The standard InChI is InChI=1S/C9H14N2O2/c1-7(12)11-8-2-4-10(5-3-8)6-9(11)13/h8H,2-6H2,1H3. The molecule has 4 nitrogen and oxygen atoms in total. The summed E-state index contributed by atoms with van der Waals surface area (Å²) in [5.41, 5.74) is 0. The van der Waals surface area contributed by atoms with Crippen LogP contribution in [0.5, 0.6) is 0 Å². The average Bonchev–Trinajstić information content (AvgIpc) is 2.30. The molecule has 0 saturated carbocycles. The third-order valence-corrected chi connectivity index (χ3v) is 2.89. The van der Waals surface area contributed by atoms with Gasteiger partial charge in [0.2, 0.25) is 11.8 Å². The fraction of sp³-hybridized carbons (Fsp3) is 0.778. The van der Waals surface area contributed by atoms with E-state index in [4.69, 9.17) is 0 Å². The minimum Gasteiger partial charge on any atom is -0.294 e. The van der Waals surface area contributed by atoms with Gasteiger partial charge in [-0.25, -0.2) is 0 Å². The minimum atomic E-state index is -0.0984. The van der Waals surface area contributed by atoms with E-state index in [9.17, 15) is 9.59 Å². The molecule has 3 rings (SSSR count). The Hall–Kier alpha value is -0.900. The van der Waals surface area contributed by atoms with Crippen molar-refractivity contribution in [3.8, 4) is 0 Å². The van der Waals surface area contributed by atoms with Crippen LogP contribution in [0.1, 0.15) is 19.8 Å². The van der Waals surface area contributed by atoms with Crippen LogP contribution < -0.4 is 0 Å². The minimum absolute atomic E-state index is 0.0208. The summed E-state index contributed by atoms with van der Waals surface area (Å²) in [5.74, 6) is -0.119. The van der Waals surface area contributed by atoms with Gasteiger partial charge < -0.3 is 0 Å². The Morgan fingerprint density at radius 3 is 2.54 bits per heavy atom. The van der Waals surface area contributed by atoms with Crippen molar-refractivity contribution in [2.45, 2.75) is 25.8 Å². The van der Waals surface area contributed by atoms with Crippen LogP contribution in [0.2, 0.25) is 0 Å². The van der Waals surface area contributed by atoms with E-state index in [0.29, 0.717) is 6.54 Å². The molecule has 13 heavy (non-hydrogen) atoms. The SMILES string of the molecule is CC(=O)N1C(=O)CN2CCC1CC2. The van der Waals surface area contributed by atoms with Gasteiger partial charge >= 0.3 is 0 Å². The Labute approximate surface area is 77.5 Å². The van der Waals surface area contributed by atoms with E-state index in [0.717, 1.165) is 25.9 Å². The molecule has 4 heteroatoms. The molecular weight excluding hydrogens is 168 g/mol. The Balaban J connectivity index is 2.24. The first-order valence-corrected chi connectivity index (χ1v) is 4.73. The van der Waals surface area contributed by atoms with Gasteiger partial charge in [-0.05, 0) is 12.8 Å². The lowest BCUT2D eigenvalue weighted by Crippen LogP contribution is -2.43. The number of hydrogen-bond donors (Lipinski definition) is 0. The van der Waals surface area contributed by atoms with Crippen molar-refractivity contribution in [1.29, 1.82) is 0 Å². The molecule has 2 amide bonds. The summed E-state index contributed by atoms with van der Waals surface area (Å²) >= 11 is 0. The molecule has 3 heterocycles. The maximum atomic E-state index is 11.6. The number of imide groups is 1. The van der Waals surface area contributed by atoms with E-state index in [1.807, 2.05) is 0 Å². The molecular formula is C9H14N2O2. The van der Waals surface area contributed by atoms with Crippen molar-refractivity contribution >= 4 is 11.8 Å². The molecule has 0 aromatic heterocycles. The number of piperidine rings is 1. The van der Waals surface area contributed by atoms with Crippen LogP contribution >= 0.6 is 0 Å². The zero-order chi connectivity index (χ0) is 9.42. The molecule has 3 aliphatic rings. The highest BCUT2D eigenvalue weighted by atomic mass is 16.2. The van der Waals surface area contributed by atoms with Gasteiger partial charge in [0.15, 0.2) is 0 Å². The van der Waals surface area contributed by atoms with E-state index >= 15 is 0 Å². The predicted molar refractivity (Wildman–Crippen MR) is 47.0 cm³/mol. The Kier molecular flexibility index (Phi) is 2.07. The van der Waals surface area contributed by atoms with Crippen LogP contribution in [0.4, 0.5) is 0 Å². The molecule has 0 spiro atoms. The summed E-state index contributed by atoms with van der Waals surface area (Å²) in [6.07, 6.45) is 1.90. The zero-order valence-corrected chi connectivity index (χ0v) is 7.82. The Morgan fingerprint density at radius 1 is 1.38 bits per heavy atom. The van der Waals surface area contributed by atoms with Crippen molar-refractivity contribution in [3.63, 3.8) is 0 Å². The third-order valence-electron chi connectivity index (χ3n) is 2.89. The van der Waals surface area contributed by atoms with Crippen LogP contribution in [0.3, 0.4) is 0 Å². The molecule has 2 bridgehead atoms. The van der Waals surface area contributed by atoms with Gasteiger partial charge in [0.1, 0.15) is 0 Å². The number of amides is 2. The summed E-state index contributed by atoms with van der Waals surface area (Å²) < 4.78 is 0. The van der Waals surface area contributed by atoms with Gasteiger partial charge in [-0.2, -0.15) is 0 Å². The van der Waals surface area contributed by atoms with Crippen LogP contribution in [-0.4, -0.2) is 47.3 Å². The third kappa shape index (κ3) is 1.46. The Morgan fingerprint density at radius 2 is 2.00 bits per heavy atom. The fourth-order valence-electron chi connectivity index (χ4n) is 2.24. The van der Waals surface area contributed by atoms with Gasteiger partial charge in [-0.15, -0.1) is 0 Å². The van der Waals surface area contributed by atoms with Crippen molar-refractivity contribution in [2.24, 2.45) is 0 Å². The number of hydrogen-bond acceptors (Lipinski definition) is 3. The van der Waals surface area contributed by atoms with Crippen molar-refractivity contribution in [3.05, 3.63) is 0 Å². The maximum absolute atomic E-state index is 11.6. The van der Waals surface area contributed by atoms with E-state index in [1.54, 1.807) is 0 Å². The first kappa shape index (κ1) is 8.69. The summed E-state index contributed by atoms with van der Waals surface area (Å²) in [4.78, 5) is 26.4.